The molecule has 1 heterocycles. The van der Waals surface area contributed by atoms with Crippen LogP contribution in [-0.2, 0) is 0 Å². The molecule has 1 aromatic rings. The summed E-state index contributed by atoms with van der Waals surface area (Å²) in [4.78, 5) is 15.8. The molecule has 1 amide bonds. The van der Waals surface area contributed by atoms with E-state index in [0.717, 1.165) is 19.3 Å². The molecule has 0 spiro atoms. The minimum Gasteiger partial charge on any atom is -0.480 e. The van der Waals surface area contributed by atoms with E-state index in [9.17, 15) is 4.79 Å². The number of hydrogen-bond donors (Lipinski definition) is 1. The molecule has 0 atom stereocenters. The van der Waals surface area contributed by atoms with Crippen LogP contribution in [0.1, 0.15) is 29.6 Å². The van der Waals surface area contributed by atoms with Gasteiger partial charge in [-0.3, -0.25) is 4.79 Å². The van der Waals surface area contributed by atoms with Crippen LogP contribution in [0, 0.1) is 12.3 Å². The summed E-state index contributed by atoms with van der Waals surface area (Å²) in [6.07, 6.45) is 9.26. The van der Waals surface area contributed by atoms with Gasteiger partial charge in [-0.05, 0) is 25.0 Å². The maximum atomic E-state index is 11.8. The van der Waals surface area contributed by atoms with Gasteiger partial charge in [0.25, 0.3) is 5.91 Å². The van der Waals surface area contributed by atoms with E-state index in [0.29, 0.717) is 18.0 Å². The summed E-state index contributed by atoms with van der Waals surface area (Å²) in [7, 11) is 1.49. The van der Waals surface area contributed by atoms with Crippen molar-refractivity contribution in [2.24, 2.45) is 0 Å². The summed E-state index contributed by atoms with van der Waals surface area (Å²) in [6.45, 7) is 0.610. The van der Waals surface area contributed by atoms with Crippen molar-refractivity contribution in [1.82, 2.24) is 10.3 Å². The minimum atomic E-state index is -0.171. The lowest BCUT2D eigenvalue weighted by Crippen LogP contribution is -2.25. The fraction of sp³-hybridized carbons (Fsp3) is 0.385. The van der Waals surface area contributed by atoms with E-state index in [1.54, 1.807) is 18.3 Å². The molecule has 0 aliphatic carbocycles. The van der Waals surface area contributed by atoms with Gasteiger partial charge in [-0.25, -0.2) is 4.98 Å². The maximum absolute atomic E-state index is 11.8. The Morgan fingerprint density at radius 3 is 3.12 bits per heavy atom. The molecule has 1 rings (SSSR count). The summed E-state index contributed by atoms with van der Waals surface area (Å²) in [5, 5.41) is 2.81. The number of carbonyl (C=O) groups excluding carboxylic acids is 1. The van der Waals surface area contributed by atoms with Crippen molar-refractivity contribution in [2.45, 2.75) is 19.3 Å². The third kappa shape index (κ3) is 4.15. The van der Waals surface area contributed by atoms with Crippen molar-refractivity contribution in [2.75, 3.05) is 13.7 Å². The molecule has 1 N–H and O–H groups in total. The second-order valence-electron chi connectivity index (χ2n) is 3.48. The van der Waals surface area contributed by atoms with E-state index < -0.39 is 0 Å². The van der Waals surface area contributed by atoms with E-state index >= 15 is 0 Å². The van der Waals surface area contributed by atoms with Crippen LogP contribution in [0.3, 0.4) is 0 Å². The topological polar surface area (TPSA) is 51.2 Å². The summed E-state index contributed by atoms with van der Waals surface area (Å²) in [6, 6.07) is 3.39. The van der Waals surface area contributed by atoms with Gasteiger partial charge in [-0.1, -0.05) is 0 Å². The van der Waals surface area contributed by atoms with Crippen molar-refractivity contribution < 1.29 is 9.53 Å². The zero-order valence-corrected chi connectivity index (χ0v) is 9.90. The van der Waals surface area contributed by atoms with Gasteiger partial charge in [0.05, 0.1) is 7.11 Å². The van der Waals surface area contributed by atoms with Gasteiger partial charge in [-0.2, -0.15) is 0 Å². The number of aromatic nitrogens is 1. The lowest BCUT2D eigenvalue weighted by Gasteiger charge is -2.07. The van der Waals surface area contributed by atoms with Crippen LogP contribution >= 0.6 is 0 Å². The molecule has 90 valence electrons. The van der Waals surface area contributed by atoms with E-state index in [4.69, 9.17) is 11.2 Å². The zero-order valence-electron chi connectivity index (χ0n) is 9.90. The average molecular weight is 232 g/mol. The lowest BCUT2D eigenvalue weighted by molar-refractivity contribution is 0.0949. The number of methoxy groups -OCH3 is 1. The quantitative estimate of drug-likeness (QED) is 0.599. The average Bonchev–Trinajstić information content (AvgIpc) is 2.38. The molecule has 0 radical (unpaired) electrons. The molecular weight excluding hydrogens is 216 g/mol. The molecule has 0 bridgehead atoms. The van der Waals surface area contributed by atoms with Gasteiger partial charge in [0, 0.05) is 19.2 Å². The number of hydrogen-bond acceptors (Lipinski definition) is 3. The first kappa shape index (κ1) is 13.0. The molecule has 4 heteroatoms. The number of pyridine rings is 1. The molecule has 1 aromatic heterocycles. The standard InChI is InChI=1S/C13H16N2O2/c1-3-4-5-6-9-14-12(16)11-8-7-10-15-13(11)17-2/h1,7-8,10H,4-6,9H2,2H3,(H,14,16). The third-order valence-electron chi connectivity index (χ3n) is 2.24. The smallest absolute Gasteiger partial charge is 0.256 e. The Bertz CT molecular complexity index is 410. The number of nitrogens with one attached hydrogen (secondary N) is 1. The summed E-state index contributed by atoms with van der Waals surface area (Å²) >= 11 is 0. The number of rotatable bonds is 6. The maximum Gasteiger partial charge on any atom is 0.256 e. The van der Waals surface area contributed by atoms with Crippen molar-refractivity contribution in [3.8, 4) is 18.2 Å². The molecule has 0 aromatic carbocycles. The van der Waals surface area contributed by atoms with Crippen LogP contribution in [0.25, 0.3) is 0 Å². The van der Waals surface area contributed by atoms with Gasteiger partial charge in [0.2, 0.25) is 5.88 Å². The lowest BCUT2D eigenvalue weighted by atomic mass is 10.2. The van der Waals surface area contributed by atoms with Gasteiger partial charge in [-0.15, -0.1) is 12.3 Å². The fourth-order valence-corrected chi connectivity index (χ4v) is 1.38. The molecule has 0 aliphatic heterocycles. The SMILES string of the molecule is C#CCCCCNC(=O)c1cccnc1OC. The molecule has 0 aliphatic rings. The minimum absolute atomic E-state index is 0.171. The molecule has 17 heavy (non-hydrogen) atoms. The second kappa shape index (κ2) is 7.29. The highest BCUT2D eigenvalue weighted by atomic mass is 16.5. The highest BCUT2D eigenvalue weighted by Crippen LogP contribution is 2.12. The van der Waals surface area contributed by atoms with Gasteiger partial charge >= 0.3 is 0 Å². The highest BCUT2D eigenvalue weighted by Gasteiger charge is 2.11. The van der Waals surface area contributed by atoms with E-state index in [1.165, 1.54) is 7.11 Å². The first-order chi connectivity index (χ1) is 8.29. The van der Waals surface area contributed by atoms with Gasteiger partial charge < -0.3 is 10.1 Å². The van der Waals surface area contributed by atoms with Crippen LogP contribution in [0.5, 0.6) is 5.88 Å². The molecular formula is C13H16N2O2. The monoisotopic (exact) mass is 232 g/mol. The number of carbonyl (C=O) groups is 1. The Morgan fingerprint density at radius 1 is 1.59 bits per heavy atom. The Balaban J connectivity index is 2.44. The fourth-order valence-electron chi connectivity index (χ4n) is 1.38. The number of terminal acetylenes is 1. The Hall–Kier alpha value is -2.02. The van der Waals surface area contributed by atoms with E-state index in [2.05, 4.69) is 16.2 Å². The Kier molecular flexibility index (Phi) is 5.59. The number of unbranched alkanes of at least 4 members (excludes halogenated alkanes) is 2. The van der Waals surface area contributed by atoms with Crippen LogP contribution in [0.15, 0.2) is 18.3 Å². The van der Waals surface area contributed by atoms with Gasteiger partial charge in [0.15, 0.2) is 0 Å². The molecule has 0 saturated heterocycles. The normalized spacial score (nSPS) is 9.41. The first-order valence-corrected chi connectivity index (χ1v) is 5.50. The zero-order chi connectivity index (χ0) is 12.5. The van der Waals surface area contributed by atoms with E-state index in [-0.39, 0.29) is 5.91 Å². The Labute approximate surface area is 101 Å². The number of ether oxygens (including phenoxy) is 1. The second-order valence-corrected chi connectivity index (χ2v) is 3.48. The Morgan fingerprint density at radius 2 is 2.41 bits per heavy atom. The largest absolute Gasteiger partial charge is 0.480 e. The number of amides is 1. The molecule has 0 unspecified atom stereocenters. The van der Waals surface area contributed by atoms with Crippen molar-refractivity contribution >= 4 is 5.91 Å². The highest BCUT2D eigenvalue weighted by molar-refractivity contribution is 5.96. The number of nitrogens with zero attached hydrogens (tertiary/aromatic N) is 1. The summed E-state index contributed by atoms with van der Waals surface area (Å²) < 4.78 is 5.01. The molecule has 0 saturated carbocycles. The summed E-state index contributed by atoms with van der Waals surface area (Å²) in [5.41, 5.74) is 0.451. The molecule has 4 nitrogen and oxygen atoms in total. The van der Waals surface area contributed by atoms with Crippen LogP contribution in [-0.4, -0.2) is 24.5 Å². The first-order valence-electron chi connectivity index (χ1n) is 5.50. The van der Waals surface area contributed by atoms with Crippen LogP contribution < -0.4 is 10.1 Å². The molecule has 0 fully saturated rings. The predicted octanol–water partition coefficient (Wildman–Crippen LogP) is 1.62. The predicted molar refractivity (Wildman–Crippen MR) is 65.8 cm³/mol. The third-order valence-corrected chi connectivity index (χ3v) is 2.24. The summed E-state index contributed by atoms with van der Waals surface area (Å²) in [5.74, 6) is 2.73. The van der Waals surface area contributed by atoms with E-state index in [1.807, 2.05) is 0 Å². The van der Waals surface area contributed by atoms with Crippen molar-refractivity contribution in [3.05, 3.63) is 23.9 Å². The van der Waals surface area contributed by atoms with Crippen LogP contribution in [0.2, 0.25) is 0 Å². The van der Waals surface area contributed by atoms with Gasteiger partial charge in [0.1, 0.15) is 5.56 Å². The van der Waals surface area contributed by atoms with Crippen molar-refractivity contribution in [3.63, 3.8) is 0 Å². The van der Waals surface area contributed by atoms with Crippen molar-refractivity contribution in [1.29, 1.82) is 0 Å². The van der Waals surface area contributed by atoms with Crippen LogP contribution in [0.4, 0.5) is 0 Å².